The minimum atomic E-state index is -0.0712. The molecule has 0 atom stereocenters. The third-order valence-electron chi connectivity index (χ3n) is 1.84. The van der Waals surface area contributed by atoms with E-state index in [0.29, 0.717) is 26.3 Å². The predicted molar refractivity (Wildman–Crippen MR) is 54.4 cm³/mol. The van der Waals surface area contributed by atoms with Gasteiger partial charge in [-0.3, -0.25) is 0 Å². The van der Waals surface area contributed by atoms with Crippen LogP contribution in [-0.2, 0) is 9.47 Å². The Bertz CT molecular complexity index is 153. The number of nitrogens with one attached hydrogen (secondary N) is 1. The number of urea groups is 1. The molecule has 0 rings (SSSR count). The van der Waals surface area contributed by atoms with Gasteiger partial charge in [-0.1, -0.05) is 0 Å². The van der Waals surface area contributed by atoms with Gasteiger partial charge in [-0.25, -0.2) is 4.79 Å². The van der Waals surface area contributed by atoms with Crippen molar-refractivity contribution < 1.29 is 14.3 Å². The van der Waals surface area contributed by atoms with Gasteiger partial charge in [-0.05, 0) is 6.42 Å². The second-order valence-electron chi connectivity index (χ2n) is 2.88. The van der Waals surface area contributed by atoms with E-state index in [4.69, 9.17) is 9.47 Å². The standard InChI is InChI=1S/C9H20N2O3/c1-10-9(12)11(6-8-14-3)5-4-7-13-2/h4-8H2,1-3H3,(H,10,12). The molecule has 5 heteroatoms. The number of ether oxygens (including phenoxy) is 2. The first-order valence-corrected chi connectivity index (χ1v) is 4.70. The molecule has 0 aliphatic carbocycles. The van der Waals surface area contributed by atoms with Crippen LogP contribution < -0.4 is 5.32 Å². The molecule has 0 saturated heterocycles. The lowest BCUT2D eigenvalue weighted by Crippen LogP contribution is -2.40. The molecule has 1 N–H and O–H groups in total. The summed E-state index contributed by atoms with van der Waals surface area (Å²) in [5.41, 5.74) is 0. The van der Waals surface area contributed by atoms with E-state index >= 15 is 0 Å². The van der Waals surface area contributed by atoms with Gasteiger partial charge in [0.25, 0.3) is 0 Å². The smallest absolute Gasteiger partial charge is 0.317 e. The van der Waals surface area contributed by atoms with Crippen molar-refractivity contribution in [1.82, 2.24) is 10.2 Å². The normalized spacial score (nSPS) is 9.93. The van der Waals surface area contributed by atoms with Crippen molar-refractivity contribution in [3.05, 3.63) is 0 Å². The average molecular weight is 204 g/mol. The molecular weight excluding hydrogens is 184 g/mol. The number of methoxy groups -OCH3 is 2. The molecule has 0 heterocycles. The van der Waals surface area contributed by atoms with Crippen LogP contribution in [0.4, 0.5) is 4.79 Å². The van der Waals surface area contributed by atoms with Crippen molar-refractivity contribution in [1.29, 1.82) is 0 Å². The van der Waals surface area contributed by atoms with Crippen LogP contribution in [0.25, 0.3) is 0 Å². The maximum Gasteiger partial charge on any atom is 0.317 e. The topological polar surface area (TPSA) is 50.8 Å². The molecule has 0 unspecified atom stereocenters. The van der Waals surface area contributed by atoms with E-state index in [9.17, 15) is 4.79 Å². The molecule has 0 aliphatic heterocycles. The highest BCUT2D eigenvalue weighted by atomic mass is 16.5. The van der Waals surface area contributed by atoms with Gasteiger partial charge < -0.3 is 19.7 Å². The molecule has 0 aliphatic rings. The summed E-state index contributed by atoms with van der Waals surface area (Å²) in [6, 6.07) is -0.0712. The van der Waals surface area contributed by atoms with Crippen molar-refractivity contribution in [3.63, 3.8) is 0 Å². The number of amides is 2. The lowest BCUT2D eigenvalue weighted by atomic mass is 10.4. The van der Waals surface area contributed by atoms with Gasteiger partial charge in [0.2, 0.25) is 0 Å². The average Bonchev–Trinajstić information content (AvgIpc) is 2.22. The molecule has 0 aromatic heterocycles. The van der Waals surface area contributed by atoms with Crippen molar-refractivity contribution >= 4 is 6.03 Å². The summed E-state index contributed by atoms with van der Waals surface area (Å²) in [7, 11) is 4.90. The number of hydrogen-bond donors (Lipinski definition) is 1. The zero-order valence-corrected chi connectivity index (χ0v) is 9.21. The zero-order chi connectivity index (χ0) is 10.8. The number of carbonyl (C=O) groups excluding carboxylic acids is 1. The first kappa shape index (κ1) is 13.2. The molecule has 0 aromatic carbocycles. The van der Waals surface area contributed by atoms with E-state index < -0.39 is 0 Å². The highest BCUT2D eigenvalue weighted by molar-refractivity contribution is 5.73. The van der Waals surface area contributed by atoms with Crippen molar-refractivity contribution in [2.45, 2.75) is 6.42 Å². The Morgan fingerprint density at radius 2 is 1.86 bits per heavy atom. The second-order valence-corrected chi connectivity index (χ2v) is 2.88. The van der Waals surface area contributed by atoms with Crippen LogP contribution in [0.3, 0.4) is 0 Å². The van der Waals surface area contributed by atoms with Crippen molar-refractivity contribution in [2.24, 2.45) is 0 Å². The van der Waals surface area contributed by atoms with Gasteiger partial charge in [0.05, 0.1) is 6.61 Å². The van der Waals surface area contributed by atoms with Gasteiger partial charge >= 0.3 is 6.03 Å². The summed E-state index contributed by atoms with van der Waals surface area (Å²) < 4.78 is 9.84. The summed E-state index contributed by atoms with van der Waals surface area (Å²) in [6.45, 7) is 2.53. The lowest BCUT2D eigenvalue weighted by Gasteiger charge is -2.21. The summed E-state index contributed by atoms with van der Waals surface area (Å²) in [5, 5.41) is 2.59. The van der Waals surface area contributed by atoms with E-state index in [-0.39, 0.29) is 6.03 Å². The quantitative estimate of drug-likeness (QED) is 0.607. The first-order valence-electron chi connectivity index (χ1n) is 4.70. The number of rotatable bonds is 7. The number of carbonyl (C=O) groups is 1. The number of hydrogen-bond acceptors (Lipinski definition) is 3. The molecule has 0 aromatic rings. The Morgan fingerprint density at radius 1 is 1.21 bits per heavy atom. The minimum absolute atomic E-state index is 0.0712. The fourth-order valence-electron chi connectivity index (χ4n) is 1.07. The fraction of sp³-hybridized carbons (Fsp3) is 0.889. The third-order valence-corrected chi connectivity index (χ3v) is 1.84. The van der Waals surface area contributed by atoms with Gasteiger partial charge in [-0.15, -0.1) is 0 Å². The van der Waals surface area contributed by atoms with Crippen LogP contribution in [0.2, 0.25) is 0 Å². The second kappa shape index (κ2) is 8.77. The zero-order valence-electron chi connectivity index (χ0n) is 9.21. The van der Waals surface area contributed by atoms with Crippen LogP contribution in [0.1, 0.15) is 6.42 Å². The monoisotopic (exact) mass is 204 g/mol. The van der Waals surface area contributed by atoms with Gasteiger partial charge in [0, 0.05) is 41.0 Å². The number of nitrogens with zero attached hydrogens (tertiary/aromatic N) is 1. The highest BCUT2D eigenvalue weighted by Crippen LogP contribution is 1.93. The highest BCUT2D eigenvalue weighted by Gasteiger charge is 2.09. The van der Waals surface area contributed by atoms with Crippen LogP contribution in [0.5, 0.6) is 0 Å². The molecule has 2 amide bonds. The van der Waals surface area contributed by atoms with E-state index in [2.05, 4.69) is 5.32 Å². The Morgan fingerprint density at radius 3 is 2.36 bits per heavy atom. The molecule has 0 radical (unpaired) electrons. The molecule has 0 bridgehead atoms. The Balaban J connectivity index is 3.78. The maximum atomic E-state index is 11.3. The molecular formula is C9H20N2O3. The van der Waals surface area contributed by atoms with Crippen LogP contribution in [0.15, 0.2) is 0 Å². The molecule has 0 fully saturated rings. The summed E-state index contributed by atoms with van der Waals surface area (Å²) >= 11 is 0. The largest absolute Gasteiger partial charge is 0.385 e. The van der Waals surface area contributed by atoms with Crippen molar-refractivity contribution in [3.8, 4) is 0 Å². The Hall–Kier alpha value is -0.810. The van der Waals surface area contributed by atoms with E-state index in [0.717, 1.165) is 6.42 Å². The summed E-state index contributed by atoms with van der Waals surface area (Å²) in [4.78, 5) is 13.0. The van der Waals surface area contributed by atoms with E-state index in [1.165, 1.54) is 0 Å². The summed E-state index contributed by atoms with van der Waals surface area (Å²) in [5.74, 6) is 0. The summed E-state index contributed by atoms with van der Waals surface area (Å²) in [6.07, 6.45) is 0.841. The molecule has 5 nitrogen and oxygen atoms in total. The van der Waals surface area contributed by atoms with Crippen LogP contribution in [0, 0.1) is 0 Å². The Labute approximate surface area is 85.4 Å². The van der Waals surface area contributed by atoms with E-state index in [1.807, 2.05) is 0 Å². The van der Waals surface area contributed by atoms with Gasteiger partial charge in [0.15, 0.2) is 0 Å². The van der Waals surface area contributed by atoms with Crippen molar-refractivity contribution in [2.75, 3.05) is 47.6 Å². The predicted octanol–water partition coefficient (Wildman–Crippen LogP) is 0.311. The fourth-order valence-corrected chi connectivity index (χ4v) is 1.07. The first-order chi connectivity index (χ1) is 6.76. The van der Waals surface area contributed by atoms with E-state index in [1.54, 1.807) is 26.2 Å². The minimum Gasteiger partial charge on any atom is -0.385 e. The molecule has 0 spiro atoms. The van der Waals surface area contributed by atoms with Crippen LogP contribution in [-0.4, -0.2) is 58.5 Å². The third kappa shape index (κ3) is 5.77. The molecule has 14 heavy (non-hydrogen) atoms. The molecule has 0 saturated carbocycles. The van der Waals surface area contributed by atoms with Gasteiger partial charge in [0.1, 0.15) is 0 Å². The maximum absolute atomic E-state index is 11.3. The van der Waals surface area contributed by atoms with Gasteiger partial charge in [-0.2, -0.15) is 0 Å². The lowest BCUT2D eigenvalue weighted by molar-refractivity contribution is 0.138. The Kier molecular flexibility index (Phi) is 8.27. The SMILES string of the molecule is CNC(=O)N(CCCOC)CCOC. The molecule has 84 valence electrons. The van der Waals surface area contributed by atoms with Crippen LogP contribution >= 0.6 is 0 Å².